The fourth-order valence-electron chi connectivity index (χ4n) is 4.90. The number of fused-ring (bicyclic) bond motifs is 1. The van der Waals surface area contributed by atoms with E-state index in [4.69, 9.17) is 4.74 Å². The standard InChI is InChI=1S/C33H32FN5O5S/c1-21(23-9-12-26(34)13-10-23)29(40)17-22-5-7-24(8-6-22)25-11-16-31-36-33(37-38(31)20-25)39(32(41)19-35-2)28-15-14-27(45(4,42)43)18-30(28)44-3/h5-16,18,20-21,35H,17,19H2,1-4H3/t21-/m1/s1. The number of ketones is 1. The molecule has 1 amide bonds. The lowest BCUT2D eigenvalue weighted by Gasteiger charge is -2.21. The van der Waals surface area contributed by atoms with E-state index in [1.54, 1.807) is 36.0 Å². The van der Waals surface area contributed by atoms with Crippen molar-refractivity contribution < 1.29 is 27.1 Å². The summed E-state index contributed by atoms with van der Waals surface area (Å²) in [6, 6.07) is 21.5. The number of amides is 1. The van der Waals surface area contributed by atoms with E-state index in [1.807, 2.05) is 37.3 Å². The third-order valence-electron chi connectivity index (χ3n) is 7.44. The van der Waals surface area contributed by atoms with Crippen LogP contribution < -0.4 is 15.0 Å². The molecule has 45 heavy (non-hydrogen) atoms. The first-order valence-corrected chi connectivity index (χ1v) is 16.0. The van der Waals surface area contributed by atoms with Gasteiger partial charge >= 0.3 is 0 Å². The number of benzene rings is 3. The Kier molecular flexibility index (Phi) is 9.07. The molecule has 3 aromatic carbocycles. The van der Waals surface area contributed by atoms with E-state index in [0.717, 1.165) is 28.5 Å². The zero-order chi connectivity index (χ0) is 32.3. The van der Waals surface area contributed by atoms with Crippen LogP contribution in [-0.4, -0.2) is 61.7 Å². The fraction of sp³-hybridized carbons (Fsp3) is 0.212. The average molecular weight is 630 g/mol. The second kappa shape index (κ2) is 13.0. The lowest BCUT2D eigenvalue weighted by atomic mass is 9.92. The Morgan fingerprint density at radius 2 is 1.69 bits per heavy atom. The summed E-state index contributed by atoms with van der Waals surface area (Å²) in [7, 11) is -0.483. The van der Waals surface area contributed by atoms with Crippen LogP contribution in [-0.2, 0) is 25.8 Å². The van der Waals surface area contributed by atoms with E-state index in [2.05, 4.69) is 15.4 Å². The predicted octanol–water partition coefficient (Wildman–Crippen LogP) is 4.75. The van der Waals surface area contributed by atoms with Crippen LogP contribution in [0.2, 0.25) is 0 Å². The van der Waals surface area contributed by atoms with Crippen molar-refractivity contribution in [2.75, 3.05) is 31.9 Å². The number of hydrogen-bond donors (Lipinski definition) is 1. The number of carbonyl (C=O) groups excluding carboxylic acids is 2. The number of Topliss-reactive ketones (excluding diaryl/α,β-unsaturated/α-hetero) is 1. The molecule has 0 fully saturated rings. The average Bonchev–Trinajstić information content (AvgIpc) is 3.44. The van der Waals surface area contributed by atoms with Crippen LogP contribution in [0.5, 0.6) is 5.75 Å². The van der Waals surface area contributed by atoms with Crippen molar-refractivity contribution in [3.05, 3.63) is 102 Å². The molecule has 2 heterocycles. The summed E-state index contributed by atoms with van der Waals surface area (Å²) in [6.07, 6.45) is 3.12. The van der Waals surface area contributed by atoms with Crippen molar-refractivity contribution in [1.82, 2.24) is 19.9 Å². The quantitative estimate of drug-likeness (QED) is 0.222. The SMILES string of the molecule is CNCC(=O)N(c1nc2ccc(-c3ccc(CC(=O)[C@H](C)c4ccc(F)cc4)cc3)cn2n1)c1ccc(S(C)(=O)=O)cc1OC. The number of carbonyl (C=O) groups is 2. The third-order valence-corrected chi connectivity index (χ3v) is 8.55. The normalized spacial score (nSPS) is 12.2. The van der Waals surface area contributed by atoms with Crippen molar-refractivity contribution in [2.24, 2.45) is 0 Å². The molecule has 12 heteroatoms. The monoisotopic (exact) mass is 629 g/mol. The van der Waals surface area contributed by atoms with Gasteiger partial charge in [-0.25, -0.2) is 22.2 Å². The van der Waals surface area contributed by atoms with E-state index < -0.39 is 9.84 Å². The Morgan fingerprint density at radius 3 is 2.33 bits per heavy atom. The Bertz CT molecular complexity index is 1980. The molecule has 0 aliphatic carbocycles. The summed E-state index contributed by atoms with van der Waals surface area (Å²) in [5, 5.41) is 7.41. The number of pyridine rings is 1. The maximum absolute atomic E-state index is 13.3. The van der Waals surface area contributed by atoms with Crippen LogP contribution in [0.1, 0.15) is 24.0 Å². The first-order chi connectivity index (χ1) is 21.5. The molecule has 0 radical (unpaired) electrons. The maximum Gasteiger partial charge on any atom is 0.257 e. The summed E-state index contributed by atoms with van der Waals surface area (Å²) in [5.41, 5.74) is 4.13. The Balaban J connectivity index is 1.41. The number of ether oxygens (including phenoxy) is 1. The van der Waals surface area contributed by atoms with E-state index in [9.17, 15) is 22.4 Å². The number of hydrogen-bond acceptors (Lipinski definition) is 8. The fourth-order valence-corrected chi connectivity index (χ4v) is 5.54. The van der Waals surface area contributed by atoms with E-state index in [-0.39, 0.29) is 53.0 Å². The van der Waals surface area contributed by atoms with Gasteiger partial charge in [-0.2, -0.15) is 4.98 Å². The molecule has 0 bridgehead atoms. The minimum atomic E-state index is -3.51. The minimum Gasteiger partial charge on any atom is -0.495 e. The molecule has 0 spiro atoms. The first-order valence-electron chi connectivity index (χ1n) is 14.1. The summed E-state index contributed by atoms with van der Waals surface area (Å²) < 4.78 is 44.5. The molecule has 1 N–H and O–H groups in total. The molecular weight excluding hydrogens is 597 g/mol. The van der Waals surface area contributed by atoms with Gasteiger partial charge in [0.1, 0.15) is 17.3 Å². The molecule has 232 valence electrons. The number of rotatable bonds is 11. The van der Waals surface area contributed by atoms with Crippen molar-refractivity contribution in [2.45, 2.75) is 24.2 Å². The molecule has 0 saturated carbocycles. The smallest absolute Gasteiger partial charge is 0.257 e. The number of aromatic nitrogens is 3. The number of anilines is 2. The third kappa shape index (κ3) is 6.92. The van der Waals surface area contributed by atoms with Crippen LogP contribution in [0, 0.1) is 5.82 Å². The molecule has 5 rings (SSSR count). The van der Waals surface area contributed by atoms with Crippen molar-refractivity contribution in [1.29, 1.82) is 0 Å². The molecule has 10 nitrogen and oxygen atoms in total. The Morgan fingerprint density at radius 1 is 1.00 bits per heavy atom. The molecule has 2 aromatic heterocycles. The number of nitrogens with zero attached hydrogens (tertiary/aromatic N) is 4. The van der Waals surface area contributed by atoms with Crippen molar-refractivity contribution in [3.63, 3.8) is 0 Å². The Hall–Kier alpha value is -4.94. The highest BCUT2D eigenvalue weighted by atomic mass is 32.2. The lowest BCUT2D eigenvalue weighted by Crippen LogP contribution is -2.34. The van der Waals surface area contributed by atoms with Crippen LogP contribution in [0.25, 0.3) is 16.8 Å². The van der Waals surface area contributed by atoms with Gasteiger partial charge in [0, 0.05) is 36.4 Å². The zero-order valence-electron chi connectivity index (χ0n) is 25.2. The van der Waals surface area contributed by atoms with E-state index in [0.29, 0.717) is 11.3 Å². The number of methoxy groups -OCH3 is 1. The van der Waals surface area contributed by atoms with Crippen LogP contribution >= 0.6 is 0 Å². The van der Waals surface area contributed by atoms with Gasteiger partial charge < -0.3 is 10.1 Å². The van der Waals surface area contributed by atoms with Crippen molar-refractivity contribution in [3.8, 4) is 16.9 Å². The summed E-state index contributed by atoms with van der Waals surface area (Å²) in [4.78, 5) is 32.0. The predicted molar refractivity (Wildman–Crippen MR) is 169 cm³/mol. The van der Waals surface area contributed by atoms with E-state index >= 15 is 0 Å². The van der Waals surface area contributed by atoms with Crippen LogP contribution in [0.4, 0.5) is 16.0 Å². The van der Waals surface area contributed by atoms with Gasteiger partial charge in [0.05, 0.1) is 24.2 Å². The molecule has 0 aliphatic rings. The topological polar surface area (TPSA) is 123 Å². The molecule has 5 aromatic rings. The summed E-state index contributed by atoms with van der Waals surface area (Å²) in [5.74, 6) is -0.778. The molecular formula is C33H32FN5O5S. The lowest BCUT2D eigenvalue weighted by molar-refractivity contribution is -0.119. The highest BCUT2D eigenvalue weighted by Gasteiger charge is 2.26. The highest BCUT2D eigenvalue weighted by Crippen LogP contribution is 2.35. The van der Waals surface area contributed by atoms with Gasteiger partial charge in [0.15, 0.2) is 15.5 Å². The number of sulfone groups is 1. The van der Waals surface area contributed by atoms with Gasteiger partial charge in [-0.1, -0.05) is 43.3 Å². The molecule has 0 saturated heterocycles. The van der Waals surface area contributed by atoms with Gasteiger partial charge in [0.2, 0.25) is 5.91 Å². The van der Waals surface area contributed by atoms with Crippen LogP contribution in [0.15, 0.2) is 90.0 Å². The van der Waals surface area contributed by atoms with Gasteiger partial charge in [-0.15, -0.1) is 5.10 Å². The van der Waals surface area contributed by atoms with E-state index in [1.165, 1.54) is 42.3 Å². The van der Waals surface area contributed by atoms with Gasteiger partial charge in [-0.3, -0.25) is 9.59 Å². The minimum absolute atomic E-state index is 0.0324. The molecule has 1 atom stereocenters. The van der Waals surface area contributed by atoms with Crippen LogP contribution in [0.3, 0.4) is 0 Å². The summed E-state index contributed by atoms with van der Waals surface area (Å²) in [6.45, 7) is 1.79. The molecule has 0 unspecified atom stereocenters. The highest BCUT2D eigenvalue weighted by molar-refractivity contribution is 7.90. The summed E-state index contributed by atoms with van der Waals surface area (Å²) >= 11 is 0. The second-order valence-corrected chi connectivity index (χ2v) is 12.6. The number of likely N-dealkylation sites (N-methyl/N-ethyl adjacent to an activating group) is 1. The van der Waals surface area contributed by atoms with Crippen molar-refractivity contribution >= 4 is 38.8 Å². The van der Waals surface area contributed by atoms with Gasteiger partial charge in [0.25, 0.3) is 5.95 Å². The zero-order valence-corrected chi connectivity index (χ0v) is 26.0. The second-order valence-electron chi connectivity index (χ2n) is 10.6. The molecule has 0 aliphatic heterocycles. The van der Waals surface area contributed by atoms with Gasteiger partial charge in [-0.05, 0) is 60.1 Å². The Labute approximate surface area is 260 Å². The maximum atomic E-state index is 13.3. The number of nitrogens with one attached hydrogen (secondary N) is 1. The first kappa shape index (κ1) is 31.5. The largest absolute Gasteiger partial charge is 0.495 e. The number of halogens is 1.